The maximum atomic E-state index is 11.3. The van der Waals surface area contributed by atoms with Crippen molar-refractivity contribution in [1.29, 1.82) is 0 Å². The summed E-state index contributed by atoms with van der Waals surface area (Å²) in [6, 6.07) is 0. The Morgan fingerprint density at radius 2 is 2.20 bits per heavy atom. The van der Waals surface area contributed by atoms with Crippen molar-refractivity contribution in [2.75, 3.05) is 0 Å². The van der Waals surface area contributed by atoms with Crippen molar-refractivity contribution >= 4 is 33.4 Å². The molecule has 0 unspecified atom stereocenters. The third-order valence-electron chi connectivity index (χ3n) is 1.23. The van der Waals surface area contributed by atoms with Gasteiger partial charge in [-0.05, 0) is 36.7 Å². The molecule has 1 aromatic heterocycles. The number of rotatable bonds is 2. The summed E-state index contributed by atoms with van der Waals surface area (Å²) in [4.78, 5) is 11.3. The fourth-order valence-corrected chi connectivity index (χ4v) is 1.91. The van der Waals surface area contributed by atoms with Crippen LogP contribution in [0.25, 0.3) is 0 Å². The molecule has 0 atom stereocenters. The lowest BCUT2D eigenvalue weighted by molar-refractivity contribution is 0.0523. The van der Waals surface area contributed by atoms with E-state index in [-0.39, 0.29) is 0 Å². The van der Waals surface area contributed by atoms with E-state index in [1.54, 1.807) is 0 Å². The zero-order valence-corrected chi connectivity index (χ0v) is 11.1. The zero-order chi connectivity index (χ0) is 11.5. The first-order valence-electron chi connectivity index (χ1n) is 4.31. The summed E-state index contributed by atoms with van der Waals surface area (Å²) in [6.45, 7) is 5.77. The van der Waals surface area contributed by atoms with E-state index in [0.717, 1.165) is 5.01 Å². The number of carbonyl (C=O) groups is 1. The van der Waals surface area contributed by atoms with Crippen LogP contribution in [0.15, 0.2) is 3.92 Å². The summed E-state index contributed by atoms with van der Waals surface area (Å²) < 4.78 is 5.76. The summed E-state index contributed by atoms with van der Waals surface area (Å²) in [6.07, 6.45) is -0.450. The van der Waals surface area contributed by atoms with Crippen LogP contribution in [0.1, 0.15) is 25.8 Å². The van der Waals surface area contributed by atoms with Gasteiger partial charge < -0.3 is 10.1 Å². The minimum absolute atomic E-state index is 0.332. The maximum absolute atomic E-state index is 11.3. The smallest absolute Gasteiger partial charge is 0.408 e. The van der Waals surface area contributed by atoms with Gasteiger partial charge in [-0.25, -0.2) is 4.79 Å². The Morgan fingerprint density at radius 3 is 2.67 bits per heavy atom. The summed E-state index contributed by atoms with van der Waals surface area (Å²) in [7, 11) is 0. The number of aromatic nitrogens is 2. The quantitative estimate of drug-likeness (QED) is 0.909. The Bertz CT molecular complexity index is 348. The molecular weight excluding hydrogens is 282 g/mol. The monoisotopic (exact) mass is 293 g/mol. The molecule has 1 heterocycles. The Balaban J connectivity index is 2.35. The van der Waals surface area contributed by atoms with Gasteiger partial charge in [0, 0.05) is 0 Å². The van der Waals surface area contributed by atoms with Crippen molar-refractivity contribution in [2.45, 2.75) is 32.9 Å². The number of nitrogens with one attached hydrogen (secondary N) is 1. The summed E-state index contributed by atoms with van der Waals surface area (Å²) >= 11 is 4.56. The van der Waals surface area contributed by atoms with E-state index < -0.39 is 11.7 Å². The first-order chi connectivity index (χ1) is 6.87. The van der Waals surface area contributed by atoms with Gasteiger partial charge in [0.25, 0.3) is 0 Å². The largest absolute Gasteiger partial charge is 0.444 e. The predicted octanol–water partition coefficient (Wildman–Crippen LogP) is 2.33. The predicted molar refractivity (Wildman–Crippen MR) is 60.7 cm³/mol. The van der Waals surface area contributed by atoms with Crippen LogP contribution in [-0.2, 0) is 11.3 Å². The highest BCUT2D eigenvalue weighted by Gasteiger charge is 2.16. The molecule has 0 saturated heterocycles. The van der Waals surface area contributed by atoms with Gasteiger partial charge in [0.1, 0.15) is 10.6 Å². The fourth-order valence-electron chi connectivity index (χ4n) is 0.767. The lowest BCUT2D eigenvalue weighted by Crippen LogP contribution is -2.32. The van der Waals surface area contributed by atoms with Gasteiger partial charge in [0.15, 0.2) is 3.92 Å². The molecule has 15 heavy (non-hydrogen) atoms. The number of hydrogen-bond acceptors (Lipinski definition) is 5. The van der Waals surface area contributed by atoms with E-state index in [2.05, 4.69) is 31.4 Å². The van der Waals surface area contributed by atoms with E-state index >= 15 is 0 Å². The standard InChI is InChI=1S/C8H12BrN3O2S/c1-8(2,3)14-7(13)10-4-5-11-12-6(9)15-5/h4H2,1-3H3,(H,10,13). The topological polar surface area (TPSA) is 64.1 Å². The molecule has 0 aliphatic carbocycles. The average Bonchev–Trinajstić information content (AvgIpc) is 2.45. The summed E-state index contributed by atoms with van der Waals surface area (Å²) in [5, 5.41) is 10.9. The lowest BCUT2D eigenvalue weighted by Gasteiger charge is -2.19. The van der Waals surface area contributed by atoms with Crippen molar-refractivity contribution in [3.63, 3.8) is 0 Å². The molecule has 84 valence electrons. The normalized spacial score (nSPS) is 11.2. The molecule has 0 aromatic carbocycles. The molecule has 1 rings (SSSR count). The van der Waals surface area contributed by atoms with Crippen molar-refractivity contribution in [2.24, 2.45) is 0 Å². The van der Waals surface area contributed by atoms with Crippen LogP contribution in [0.3, 0.4) is 0 Å². The molecule has 0 aliphatic heterocycles. The van der Waals surface area contributed by atoms with E-state index in [1.165, 1.54) is 11.3 Å². The molecule has 0 aliphatic rings. The number of carbonyl (C=O) groups excluding carboxylic acids is 1. The number of halogens is 1. The second kappa shape index (κ2) is 4.89. The maximum Gasteiger partial charge on any atom is 0.408 e. The van der Waals surface area contributed by atoms with Gasteiger partial charge in [-0.2, -0.15) is 0 Å². The summed E-state index contributed by atoms with van der Waals surface area (Å²) in [5.74, 6) is 0. The highest BCUT2D eigenvalue weighted by Crippen LogP contribution is 2.15. The Morgan fingerprint density at radius 1 is 1.53 bits per heavy atom. The fraction of sp³-hybridized carbons (Fsp3) is 0.625. The van der Waals surface area contributed by atoms with Crippen LogP contribution in [0.2, 0.25) is 0 Å². The molecular formula is C8H12BrN3O2S. The molecule has 0 saturated carbocycles. The van der Waals surface area contributed by atoms with E-state index in [9.17, 15) is 4.79 Å². The van der Waals surface area contributed by atoms with Gasteiger partial charge in [-0.15, -0.1) is 10.2 Å². The SMILES string of the molecule is CC(C)(C)OC(=O)NCc1nnc(Br)s1. The van der Waals surface area contributed by atoms with Crippen LogP contribution >= 0.6 is 27.3 Å². The van der Waals surface area contributed by atoms with Crippen LogP contribution in [0.5, 0.6) is 0 Å². The first-order valence-corrected chi connectivity index (χ1v) is 5.92. The molecule has 0 spiro atoms. The molecule has 1 amide bonds. The number of nitrogens with zero attached hydrogens (tertiary/aromatic N) is 2. The summed E-state index contributed by atoms with van der Waals surface area (Å²) in [5.41, 5.74) is -0.480. The number of ether oxygens (including phenoxy) is 1. The highest BCUT2D eigenvalue weighted by molar-refractivity contribution is 9.11. The molecule has 1 N–H and O–H groups in total. The molecule has 0 radical (unpaired) electrons. The average molecular weight is 294 g/mol. The lowest BCUT2D eigenvalue weighted by atomic mass is 10.2. The van der Waals surface area contributed by atoms with E-state index in [0.29, 0.717) is 10.5 Å². The number of amides is 1. The molecule has 5 nitrogen and oxygen atoms in total. The second-order valence-corrected chi connectivity index (χ2v) is 6.14. The third-order valence-corrected chi connectivity index (χ3v) is 2.58. The minimum atomic E-state index is -0.480. The highest BCUT2D eigenvalue weighted by atomic mass is 79.9. The Hall–Kier alpha value is -0.690. The molecule has 0 fully saturated rings. The Labute approximate surface area is 100 Å². The van der Waals surface area contributed by atoms with Gasteiger partial charge in [0.05, 0.1) is 6.54 Å². The van der Waals surface area contributed by atoms with Crippen LogP contribution in [0, 0.1) is 0 Å². The zero-order valence-electron chi connectivity index (χ0n) is 8.70. The third kappa shape index (κ3) is 5.08. The van der Waals surface area contributed by atoms with Crippen LogP contribution in [0.4, 0.5) is 4.79 Å². The van der Waals surface area contributed by atoms with Gasteiger partial charge >= 0.3 is 6.09 Å². The number of hydrogen-bond donors (Lipinski definition) is 1. The van der Waals surface area contributed by atoms with E-state index in [1.807, 2.05) is 20.8 Å². The van der Waals surface area contributed by atoms with Crippen molar-refractivity contribution in [3.8, 4) is 0 Å². The van der Waals surface area contributed by atoms with Crippen molar-refractivity contribution < 1.29 is 9.53 Å². The van der Waals surface area contributed by atoms with Gasteiger partial charge in [-0.1, -0.05) is 11.3 Å². The Kier molecular flexibility index (Phi) is 4.04. The first kappa shape index (κ1) is 12.4. The molecule has 7 heteroatoms. The van der Waals surface area contributed by atoms with Crippen molar-refractivity contribution in [3.05, 3.63) is 8.92 Å². The number of alkyl carbamates (subject to hydrolysis) is 1. The van der Waals surface area contributed by atoms with Crippen LogP contribution < -0.4 is 5.32 Å². The van der Waals surface area contributed by atoms with Gasteiger partial charge in [0.2, 0.25) is 0 Å². The van der Waals surface area contributed by atoms with Crippen LogP contribution in [-0.4, -0.2) is 21.9 Å². The molecule has 0 bridgehead atoms. The van der Waals surface area contributed by atoms with E-state index in [4.69, 9.17) is 4.74 Å². The van der Waals surface area contributed by atoms with Gasteiger partial charge in [-0.3, -0.25) is 0 Å². The second-order valence-electron chi connectivity index (χ2n) is 3.80. The minimum Gasteiger partial charge on any atom is -0.444 e. The molecule has 1 aromatic rings. The van der Waals surface area contributed by atoms with Crippen molar-refractivity contribution in [1.82, 2.24) is 15.5 Å².